The zero-order valence-electron chi connectivity index (χ0n) is 12.3. The summed E-state index contributed by atoms with van der Waals surface area (Å²) in [4.78, 5) is 23.9. The second kappa shape index (κ2) is 6.88. The number of nitrogens with zero attached hydrogens (tertiary/aromatic N) is 4. The number of halogens is 1. The normalized spacial score (nSPS) is 10.9. The summed E-state index contributed by atoms with van der Waals surface area (Å²) in [6.45, 7) is 0. The minimum atomic E-state index is -0.667. The molecular weight excluding hydrogens is 330 g/mol. The molecule has 1 amide bonds. The highest BCUT2D eigenvalue weighted by Gasteiger charge is 2.18. The van der Waals surface area contributed by atoms with Gasteiger partial charge >= 0.3 is 0 Å². The summed E-state index contributed by atoms with van der Waals surface area (Å²) in [5.41, 5.74) is 6.78. The van der Waals surface area contributed by atoms with Crippen molar-refractivity contribution < 1.29 is 4.79 Å². The molecule has 0 aliphatic carbocycles. The van der Waals surface area contributed by atoms with Crippen LogP contribution in [0.4, 0.5) is 17.3 Å². The number of nitrogens with one attached hydrogen (secondary N) is 2. The maximum Gasteiger partial charge on any atom is 0.256 e. The first-order valence-corrected chi connectivity index (χ1v) is 7.22. The van der Waals surface area contributed by atoms with Crippen LogP contribution in [-0.4, -0.2) is 32.3 Å². The smallest absolute Gasteiger partial charge is 0.256 e. The van der Waals surface area contributed by atoms with Gasteiger partial charge < -0.3 is 11.1 Å². The molecule has 0 aliphatic rings. The number of nitrogens with two attached hydrogens (primary N) is 1. The van der Waals surface area contributed by atoms with E-state index < -0.39 is 5.91 Å². The third-order valence-electron chi connectivity index (χ3n) is 2.99. The fraction of sp³-hybridized carbons (Fsp3) is 0. The first kappa shape index (κ1) is 15.6. The first-order chi connectivity index (χ1) is 11.6. The van der Waals surface area contributed by atoms with Crippen LogP contribution in [0.15, 0.2) is 47.8 Å². The number of amides is 1. The zero-order chi connectivity index (χ0) is 16.9. The molecule has 2 aromatic heterocycles. The lowest BCUT2D eigenvalue weighted by Crippen LogP contribution is -2.12. The standard InChI is InChI=1S/C15H12ClN7O/c16-9-2-1-3-10(6-9)21-15-12(13(17)24)14(22-23-15)20-8-11-7-18-4-5-19-11/h1-8H,(H2,17,24)(H2,21,22,23)/b20-8+. The number of hydrogen-bond donors (Lipinski definition) is 3. The van der Waals surface area contributed by atoms with Crippen molar-refractivity contribution >= 4 is 41.0 Å². The van der Waals surface area contributed by atoms with E-state index in [0.29, 0.717) is 16.4 Å². The highest BCUT2D eigenvalue weighted by molar-refractivity contribution is 6.30. The monoisotopic (exact) mass is 341 g/mol. The molecule has 0 spiro atoms. The van der Waals surface area contributed by atoms with Gasteiger partial charge in [-0.15, -0.1) is 0 Å². The van der Waals surface area contributed by atoms with E-state index in [0.717, 1.165) is 0 Å². The van der Waals surface area contributed by atoms with Crippen molar-refractivity contribution in [3.8, 4) is 0 Å². The van der Waals surface area contributed by atoms with Gasteiger partial charge in [0, 0.05) is 23.1 Å². The molecule has 0 fully saturated rings. The third kappa shape index (κ3) is 3.55. The molecule has 3 rings (SSSR count). The number of hydrogen-bond acceptors (Lipinski definition) is 6. The lowest BCUT2D eigenvalue weighted by molar-refractivity contribution is 0.100. The summed E-state index contributed by atoms with van der Waals surface area (Å²) in [5, 5.41) is 10.2. The third-order valence-corrected chi connectivity index (χ3v) is 3.23. The van der Waals surface area contributed by atoms with Crippen molar-refractivity contribution in [1.82, 2.24) is 20.2 Å². The Kier molecular flexibility index (Phi) is 4.48. The van der Waals surface area contributed by atoms with Gasteiger partial charge in [-0.2, -0.15) is 5.10 Å². The molecule has 0 saturated carbocycles. The Balaban J connectivity index is 1.90. The number of H-pyrrole nitrogens is 1. The SMILES string of the molecule is NC(=O)c1c(Nc2cccc(Cl)c2)n[nH]c1/N=C/c1cnccn1. The lowest BCUT2D eigenvalue weighted by atomic mass is 10.2. The molecule has 4 N–H and O–H groups in total. The average molecular weight is 342 g/mol. The van der Waals surface area contributed by atoms with Gasteiger partial charge in [-0.05, 0) is 18.2 Å². The topological polar surface area (TPSA) is 122 Å². The van der Waals surface area contributed by atoms with Gasteiger partial charge in [0.05, 0.1) is 18.1 Å². The Morgan fingerprint density at radius 3 is 2.96 bits per heavy atom. The summed E-state index contributed by atoms with van der Waals surface area (Å²) in [5.74, 6) is -0.187. The van der Waals surface area contributed by atoms with Crippen LogP contribution in [0, 0.1) is 0 Å². The molecule has 2 heterocycles. The van der Waals surface area contributed by atoms with Gasteiger partial charge in [-0.3, -0.25) is 19.9 Å². The Morgan fingerprint density at radius 1 is 1.38 bits per heavy atom. The molecule has 0 aliphatic heterocycles. The van der Waals surface area contributed by atoms with Crippen LogP contribution >= 0.6 is 11.6 Å². The van der Waals surface area contributed by atoms with Crippen molar-refractivity contribution in [2.75, 3.05) is 5.32 Å². The van der Waals surface area contributed by atoms with E-state index in [4.69, 9.17) is 17.3 Å². The fourth-order valence-electron chi connectivity index (χ4n) is 1.96. The van der Waals surface area contributed by atoms with Crippen molar-refractivity contribution in [2.45, 2.75) is 0 Å². The summed E-state index contributed by atoms with van der Waals surface area (Å²) in [6.07, 6.45) is 6.08. The second-order valence-corrected chi connectivity index (χ2v) is 5.12. The predicted molar refractivity (Wildman–Crippen MR) is 91.1 cm³/mol. The van der Waals surface area contributed by atoms with E-state index in [1.807, 2.05) is 0 Å². The van der Waals surface area contributed by atoms with Gasteiger partial charge in [0.2, 0.25) is 0 Å². The number of carbonyl (C=O) groups excluding carboxylic acids is 1. The molecular formula is C15H12ClN7O. The highest BCUT2D eigenvalue weighted by atomic mass is 35.5. The van der Waals surface area contributed by atoms with E-state index in [9.17, 15) is 4.79 Å². The van der Waals surface area contributed by atoms with E-state index in [2.05, 4.69) is 30.5 Å². The van der Waals surface area contributed by atoms with Crippen molar-refractivity contribution in [3.63, 3.8) is 0 Å². The van der Waals surface area contributed by atoms with Gasteiger partial charge in [-0.1, -0.05) is 17.7 Å². The quantitative estimate of drug-likeness (QED) is 0.615. The second-order valence-electron chi connectivity index (χ2n) is 4.68. The summed E-state index contributed by atoms with van der Waals surface area (Å²) < 4.78 is 0. The molecule has 120 valence electrons. The summed E-state index contributed by atoms with van der Waals surface area (Å²) in [6, 6.07) is 6.99. The van der Waals surface area contributed by atoms with Crippen LogP contribution in [0.25, 0.3) is 0 Å². The number of anilines is 2. The van der Waals surface area contributed by atoms with Crippen LogP contribution in [-0.2, 0) is 0 Å². The average Bonchev–Trinajstić information content (AvgIpc) is 2.97. The van der Waals surface area contributed by atoms with Crippen LogP contribution in [0.3, 0.4) is 0 Å². The maximum atomic E-state index is 11.8. The first-order valence-electron chi connectivity index (χ1n) is 6.84. The van der Waals surface area contributed by atoms with Gasteiger partial charge in [-0.25, -0.2) is 4.99 Å². The lowest BCUT2D eigenvalue weighted by Gasteiger charge is -2.04. The van der Waals surface area contributed by atoms with Gasteiger partial charge in [0.25, 0.3) is 5.91 Å². The highest BCUT2D eigenvalue weighted by Crippen LogP contribution is 2.27. The van der Waals surface area contributed by atoms with Gasteiger partial charge in [0.1, 0.15) is 5.56 Å². The Hall–Kier alpha value is -3.26. The van der Waals surface area contributed by atoms with Crippen LogP contribution in [0.5, 0.6) is 0 Å². The number of aromatic amines is 1. The Labute approximate surface area is 141 Å². The molecule has 1 aromatic carbocycles. The molecule has 3 aromatic rings. The molecule has 8 nitrogen and oxygen atoms in total. The Bertz CT molecular complexity index is 892. The molecule has 9 heteroatoms. The molecule has 0 atom stereocenters. The van der Waals surface area contributed by atoms with Crippen molar-refractivity contribution in [2.24, 2.45) is 10.7 Å². The van der Waals surface area contributed by atoms with Crippen LogP contribution < -0.4 is 11.1 Å². The number of aliphatic imine (C=N–C) groups is 1. The molecule has 0 bridgehead atoms. The van der Waals surface area contributed by atoms with E-state index in [1.165, 1.54) is 18.6 Å². The van der Waals surface area contributed by atoms with Gasteiger partial charge in [0.15, 0.2) is 11.6 Å². The van der Waals surface area contributed by atoms with Crippen molar-refractivity contribution in [3.05, 3.63) is 59.1 Å². The maximum absolute atomic E-state index is 11.8. The molecule has 0 radical (unpaired) electrons. The van der Waals surface area contributed by atoms with Crippen molar-refractivity contribution in [1.29, 1.82) is 0 Å². The van der Waals surface area contributed by atoms with E-state index in [-0.39, 0.29) is 17.2 Å². The predicted octanol–water partition coefficient (Wildman–Crippen LogP) is 2.45. The number of rotatable bonds is 5. The fourth-order valence-corrected chi connectivity index (χ4v) is 2.15. The number of aromatic nitrogens is 4. The minimum absolute atomic E-state index is 0.134. The van der Waals surface area contributed by atoms with E-state index in [1.54, 1.807) is 30.5 Å². The zero-order valence-corrected chi connectivity index (χ0v) is 13.0. The molecule has 0 saturated heterocycles. The molecule has 24 heavy (non-hydrogen) atoms. The summed E-state index contributed by atoms with van der Waals surface area (Å²) in [7, 11) is 0. The summed E-state index contributed by atoms with van der Waals surface area (Å²) >= 11 is 5.94. The molecule has 0 unspecified atom stereocenters. The number of benzene rings is 1. The van der Waals surface area contributed by atoms with E-state index >= 15 is 0 Å². The number of carbonyl (C=O) groups is 1. The largest absolute Gasteiger partial charge is 0.365 e. The van der Waals surface area contributed by atoms with Crippen LogP contribution in [0.1, 0.15) is 16.1 Å². The van der Waals surface area contributed by atoms with Crippen LogP contribution in [0.2, 0.25) is 5.02 Å². The number of primary amides is 1. The minimum Gasteiger partial charge on any atom is -0.365 e. The Morgan fingerprint density at radius 2 is 2.25 bits per heavy atom.